The zero-order chi connectivity index (χ0) is 22.2. The lowest BCUT2D eigenvalue weighted by molar-refractivity contribution is 0.294. The van der Waals surface area contributed by atoms with Crippen LogP contribution in [0.25, 0.3) is 0 Å². The zero-order valence-electron chi connectivity index (χ0n) is 19.2. The fraction of sp³-hybridized carbons (Fsp3) is 0.379. The Bertz CT molecular complexity index is 1010. The highest BCUT2D eigenvalue weighted by molar-refractivity contribution is 5.51. The summed E-state index contributed by atoms with van der Waals surface area (Å²) in [5.74, 6) is 1.55. The van der Waals surface area contributed by atoms with Gasteiger partial charge in [-0.1, -0.05) is 75.2 Å². The van der Waals surface area contributed by atoms with E-state index in [-0.39, 0.29) is 5.41 Å². The first-order valence-electron chi connectivity index (χ1n) is 11.5. The molecule has 4 rings (SSSR count). The average molecular weight is 415 g/mol. The van der Waals surface area contributed by atoms with Gasteiger partial charge < -0.3 is 10.2 Å². The molecule has 0 aliphatic heterocycles. The van der Waals surface area contributed by atoms with Crippen LogP contribution >= 0.6 is 0 Å². The van der Waals surface area contributed by atoms with Crippen molar-refractivity contribution in [3.63, 3.8) is 0 Å². The van der Waals surface area contributed by atoms with Gasteiger partial charge in [0.25, 0.3) is 0 Å². The molecular weight excluding hydrogens is 380 g/mol. The average Bonchev–Trinajstić information content (AvgIpc) is 2.77. The quantitative estimate of drug-likeness (QED) is 0.464. The molecule has 0 aromatic heterocycles. The molecule has 0 radical (unpaired) electrons. The minimum absolute atomic E-state index is 0.186. The van der Waals surface area contributed by atoms with Gasteiger partial charge in [0.05, 0.1) is 0 Å². The summed E-state index contributed by atoms with van der Waals surface area (Å²) in [7, 11) is 0. The van der Waals surface area contributed by atoms with Gasteiger partial charge in [-0.05, 0) is 84.0 Å². The lowest BCUT2D eigenvalue weighted by Gasteiger charge is -2.46. The third kappa shape index (κ3) is 3.84. The molecule has 1 aliphatic rings. The molecule has 1 atom stereocenters. The summed E-state index contributed by atoms with van der Waals surface area (Å²) < 4.78 is 0. The van der Waals surface area contributed by atoms with Crippen LogP contribution in [0, 0.1) is 13.8 Å². The second kappa shape index (κ2) is 8.42. The van der Waals surface area contributed by atoms with E-state index < -0.39 is 0 Å². The molecule has 2 heteroatoms. The van der Waals surface area contributed by atoms with Gasteiger partial charge in [-0.3, -0.25) is 0 Å². The maximum atomic E-state index is 10.2. The van der Waals surface area contributed by atoms with Crippen molar-refractivity contribution in [3.05, 3.63) is 94.0 Å². The van der Waals surface area contributed by atoms with Crippen molar-refractivity contribution < 1.29 is 10.2 Å². The van der Waals surface area contributed by atoms with E-state index in [9.17, 15) is 10.2 Å². The number of hydrogen-bond donors (Lipinski definition) is 2. The standard InChI is InChI=1S/C29H34O2/c1-19(2)22-8-10-23(11-9-22)26-7-5-6-16-29(26,24-12-14-27(30)20(3)17-24)25-13-15-28(31)21(4)18-25/h8-15,17-19,26,30-31H,5-7,16H2,1-4H3. The van der Waals surface area contributed by atoms with E-state index in [1.165, 1.54) is 35.1 Å². The van der Waals surface area contributed by atoms with Crippen LogP contribution in [0.5, 0.6) is 11.5 Å². The van der Waals surface area contributed by atoms with Gasteiger partial charge in [-0.25, -0.2) is 0 Å². The summed E-state index contributed by atoms with van der Waals surface area (Å²) >= 11 is 0. The van der Waals surface area contributed by atoms with Crippen LogP contribution in [0.2, 0.25) is 0 Å². The number of benzene rings is 3. The van der Waals surface area contributed by atoms with Gasteiger partial charge in [-0.2, -0.15) is 0 Å². The summed E-state index contributed by atoms with van der Waals surface area (Å²) in [6.07, 6.45) is 4.56. The molecule has 0 spiro atoms. The van der Waals surface area contributed by atoms with Crippen molar-refractivity contribution in [2.45, 2.75) is 70.6 Å². The van der Waals surface area contributed by atoms with Crippen molar-refractivity contribution in [1.82, 2.24) is 0 Å². The number of aromatic hydroxyl groups is 2. The van der Waals surface area contributed by atoms with Gasteiger partial charge in [0.15, 0.2) is 0 Å². The molecule has 1 unspecified atom stereocenters. The van der Waals surface area contributed by atoms with Crippen molar-refractivity contribution in [1.29, 1.82) is 0 Å². The molecular formula is C29H34O2. The number of phenols is 2. The summed E-state index contributed by atoms with van der Waals surface area (Å²) in [5, 5.41) is 20.4. The molecule has 0 heterocycles. The normalized spacial score (nSPS) is 18.3. The molecule has 2 nitrogen and oxygen atoms in total. The maximum absolute atomic E-state index is 10.2. The van der Waals surface area contributed by atoms with Crippen LogP contribution in [0.3, 0.4) is 0 Å². The Morgan fingerprint density at radius 2 is 1.32 bits per heavy atom. The minimum atomic E-state index is -0.186. The monoisotopic (exact) mass is 414 g/mol. The number of phenolic OH excluding ortho intramolecular Hbond substituents is 2. The lowest BCUT2D eigenvalue weighted by Crippen LogP contribution is -2.38. The molecule has 1 saturated carbocycles. The Morgan fingerprint density at radius 3 is 1.81 bits per heavy atom. The van der Waals surface area contributed by atoms with Gasteiger partial charge in [0.1, 0.15) is 11.5 Å². The van der Waals surface area contributed by atoms with Gasteiger partial charge in [0, 0.05) is 5.41 Å². The van der Waals surface area contributed by atoms with E-state index in [1.54, 1.807) is 0 Å². The molecule has 0 amide bonds. The van der Waals surface area contributed by atoms with E-state index in [4.69, 9.17) is 0 Å². The molecule has 3 aromatic rings. The lowest BCUT2D eigenvalue weighted by atomic mass is 9.57. The molecule has 0 bridgehead atoms. The first kappa shape index (κ1) is 21.5. The second-order valence-electron chi connectivity index (χ2n) is 9.59. The summed E-state index contributed by atoms with van der Waals surface area (Å²) in [6, 6.07) is 21.4. The van der Waals surface area contributed by atoms with Gasteiger partial charge in [-0.15, -0.1) is 0 Å². The second-order valence-corrected chi connectivity index (χ2v) is 9.59. The predicted octanol–water partition coefficient (Wildman–Crippen LogP) is 7.48. The van der Waals surface area contributed by atoms with Crippen LogP contribution in [-0.2, 0) is 5.41 Å². The Balaban J connectivity index is 1.94. The van der Waals surface area contributed by atoms with Crippen molar-refractivity contribution in [2.75, 3.05) is 0 Å². The van der Waals surface area contributed by atoms with Gasteiger partial charge in [0.2, 0.25) is 0 Å². The van der Waals surface area contributed by atoms with Gasteiger partial charge >= 0.3 is 0 Å². The molecule has 1 fully saturated rings. The van der Waals surface area contributed by atoms with Crippen LogP contribution in [0.15, 0.2) is 60.7 Å². The fourth-order valence-corrected chi connectivity index (χ4v) is 5.46. The van der Waals surface area contributed by atoms with E-state index in [0.29, 0.717) is 23.3 Å². The SMILES string of the molecule is Cc1cc(C2(c3ccc(O)c(C)c3)CCCCC2c2ccc(C(C)C)cc2)ccc1O. The first-order valence-corrected chi connectivity index (χ1v) is 11.5. The van der Waals surface area contributed by atoms with Crippen molar-refractivity contribution >= 4 is 0 Å². The summed E-state index contributed by atoms with van der Waals surface area (Å²) in [4.78, 5) is 0. The van der Waals surface area contributed by atoms with E-state index in [2.05, 4.69) is 62.4 Å². The first-order chi connectivity index (χ1) is 14.8. The largest absolute Gasteiger partial charge is 0.508 e. The van der Waals surface area contributed by atoms with E-state index in [0.717, 1.165) is 24.0 Å². The highest BCUT2D eigenvalue weighted by Gasteiger charge is 2.44. The van der Waals surface area contributed by atoms with Crippen LogP contribution in [0.1, 0.15) is 84.7 Å². The Hall–Kier alpha value is -2.74. The highest BCUT2D eigenvalue weighted by Crippen LogP contribution is 2.54. The molecule has 3 aromatic carbocycles. The smallest absolute Gasteiger partial charge is 0.118 e. The maximum Gasteiger partial charge on any atom is 0.118 e. The predicted molar refractivity (Wildman–Crippen MR) is 128 cm³/mol. The Morgan fingerprint density at radius 1 is 0.774 bits per heavy atom. The van der Waals surface area contributed by atoms with Crippen LogP contribution < -0.4 is 0 Å². The molecule has 1 aliphatic carbocycles. The number of aryl methyl sites for hydroxylation is 2. The molecule has 0 saturated heterocycles. The third-order valence-corrected chi connectivity index (χ3v) is 7.34. The third-order valence-electron chi connectivity index (χ3n) is 7.34. The number of rotatable bonds is 4. The summed E-state index contributed by atoms with van der Waals surface area (Å²) in [5.41, 5.74) is 6.88. The van der Waals surface area contributed by atoms with Crippen molar-refractivity contribution in [3.8, 4) is 11.5 Å². The summed E-state index contributed by atoms with van der Waals surface area (Å²) in [6.45, 7) is 8.42. The molecule has 162 valence electrons. The van der Waals surface area contributed by atoms with E-state index in [1.807, 2.05) is 26.0 Å². The van der Waals surface area contributed by atoms with Crippen LogP contribution in [-0.4, -0.2) is 10.2 Å². The minimum Gasteiger partial charge on any atom is -0.508 e. The van der Waals surface area contributed by atoms with E-state index >= 15 is 0 Å². The Kier molecular flexibility index (Phi) is 5.83. The van der Waals surface area contributed by atoms with Crippen molar-refractivity contribution in [2.24, 2.45) is 0 Å². The number of hydrogen-bond acceptors (Lipinski definition) is 2. The Labute approximate surface area is 186 Å². The molecule has 31 heavy (non-hydrogen) atoms. The zero-order valence-corrected chi connectivity index (χ0v) is 19.2. The van der Waals surface area contributed by atoms with Crippen LogP contribution in [0.4, 0.5) is 0 Å². The molecule has 2 N–H and O–H groups in total. The fourth-order valence-electron chi connectivity index (χ4n) is 5.46. The highest BCUT2D eigenvalue weighted by atomic mass is 16.3. The topological polar surface area (TPSA) is 40.5 Å².